The lowest BCUT2D eigenvalue weighted by molar-refractivity contribution is -0.141. The van der Waals surface area contributed by atoms with E-state index in [-0.39, 0.29) is 17.4 Å². The Morgan fingerprint density at radius 1 is 1.38 bits per heavy atom. The Bertz CT molecular complexity index is 325. The van der Waals surface area contributed by atoms with Crippen LogP contribution in [0.25, 0.3) is 0 Å². The summed E-state index contributed by atoms with van der Waals surface area (Å²) in [5.74, 6) is -0.599. The highest BCUT2D eigenvalue weighted by atomic mass is 32.2. The molecule has 0 spiro atoms. The number of rotatable bonds is 5. The predicted octanol–water partition coefficient (Wildman–Crippen LogP) is 0.218. The van der Waals surface area contributed by atoms with Gasteiger partial charge in [-0.15, -0.1) is 0 Å². The SMILES string of the molecule is CC(CCCN1CCS(=O)(=O)CC1)C(=O)O. The van der Waals surface area contributed by atoms with Crippen molar-refractivity contribution in [2.75, 3.05) is 31.1 Å². The molecule has 0 aliphatic carbocycles. The first-order valence-electron chi connectivity index (χ1n) is 5.56. The van der Waals surface area contributed by atoms with E-state index >= 15 is 0 Å². The minimum Gasteiger partial charge on any atom is -0.481 e. The fraction of sp³-hybridized carbons (Fsp3) is 0.900. The number of sulfone groups is 1. The number of nitrogens with zero attached hydrogens (tertiary/aromatic N) is 1. The van der Waals surface area contributed by atoms with Gasteiger partial charge in [-0.1, -0.05) is 6.92 Å². The van der Waals surface area contributed by atoms with E-state index in [9.17, 15) is 13.2 Å². The average Bonchev–Trinajstić information content (AvgIpc) is 2.20. The van der Waals surface area contributed by atoms with Crippen molar-refractivity contribution in [2.45, 2.75) is 19.8 Å². The van der Waals surface area contributed by atoms with Crippen LogP contribution in [0, 0.1) is 5.92 Å². The van der Waals surface area contributed by atoms with Crippen LogP contribution in [-0.2, 0) is 14.6 Å². The van der Waals surface area contributed by atoms with Crippen molar-refractivity contribution in [1.29, 1.82) is 0 Å². The van der Waals surface area contributed by atoms with Crippen molar-refractivity contribution in [3.63, 3.8) is 0 Å². The van der Waals surface area contributed by atoms with Gasteiger partial charge < -0.3 is 10.0 Å². The molecule has 0 aromatic heterocycles. The fourth-order valence-electron chi connectivity index (χ4n) is 1.72. The van der Waals surface area contributed by atoms with E-state index in [1.54, 1.807) is 6.92 Å². The predicted molar refractivity (Wildman–Crippen MR) is 61.1 cm³/mol. The molecule has 0 amide bonds. The molecular weight excluding hydrogens is 230 g/mol. The Hall–Kier alpha value is -0.620. The summed E-state index contributed by atoms with van der Waals surface area (Å²) in [4.78, 5) is 12.7. The van der Waals surface area contributed by atoms with E-state index in [0.29, 0.717) is 19.5 Å². The molecule has 1 rings (SSSR count). The van der Waals surface area contributed by atoms with Crippen LogP contribution < -0.4 is 0 Å². The van der Waals surface area contributed by atoms with Gasteiger partial charge in [-0.25, -0.2) is 8.42 Å². The van der Waals surface area contributed by atoms with Crippen molar-refractivity contribution in [3.05, 3.63) is 0 Å². The van der Waals surface area contributed by atoms with E-state index in [1.807, 2.05) is 0 Å². The van der Waals surface area contributed by atoms with Crippen LogP contribution >= 0.6 is 0 Å². The quantitative estimate of drug-likeness (QED) is 0.754. The van der Waals surface area contributed by atoms with Gasteiger partial charge in [0.15, 0.2) is 9.84 Å². The van der Waals surface area contributed by atoms with Gasteiger partial charge >= 0.3 is 5.97 Å². The number of carbonyl (C=O) groups is 1. The molecule has 1 heterocycles. The van der Waals surface area contributed by atoms with E-state index in [2.05, 4.69) is 4.90 Å². The van der Waals surface area contributed by atoms with Crippen molar-refractivity contribution in [3.8, 4) is 0 Å². The third-order valence-corrected chi connectivity index (χ3v) is 4.58. The van der Waals surface area contributed by atoms with Crippen LogP contribution in [0.4, 0.5) is 0 Å². The summed E-state index contributed by atoms with van der Waals surface area (Å²) in [7, 11) is -2.81. The normalized spacial score (nSPS) is 22.8. The molecule has 0 aromatic rings. The monoisotopic (exact) mass is 249 g/mol. The molecule has 1 aliphatic rings. The second-order valence-corrected chi connectivity index (χ2v) is 6.68. The molecule has 1 aliphatic heterocycles. The molecule has 16 heavy (non-hydrogen) atoms. The average molecular weight is 249 g/mol. The van der Waals surface area contributed by atoms with Gasteiger partial charge in [-0.2, -0.15) is 0 Å². The van der Waals surface area contributed by atoms with E-state index in [4.69, 9.17) is 5.11 Å². The summed E-state index contributed by atoms with van der Waals surface area (Å²) in [6.07, 6.45) is 1.46. The highest BCUT2D eigenvalue weighted by molar-refractivity contribution is 7.91. The Balaban J connectivity index is 2.18. The molecule has 1 fully saturated rings. The smallest absolute Gasteiger partial charge is 0.306 e. The van der Waals surface area contributed by atoms with Crippen molar-refractivity contribution in [2.24, 2.45) is 5.92 Å². The van der Waals surface area contributed by atoms with Gasteiger partial charge in [-0.3, -0.25) is 4.79 Å². The zero-order valence-corrected chi connectivity index (χ0v) is 10.4. The van der Waals surface area contributed by atoms with Gasteiger partial charge in [0.1, 0.15) is 0 Å². The Morgan fingerprint density at radius 2 is 1.94 bits per heavy atom. The molecule has 0 saturated carbocycles. The number of carboxylic acid groups (broad SMARTS) is 1. The standard InChI is InChI=1S/C10H19NO4S/c1-9(10(12)13)3-2-4-11-5-7-16(14,15)8-6-11/h9H,2-8H2,1H3,(H,12,13). The minimum atomic E-state index is -2.81. The maximum absolute atomic E-state index is 11.2. The Labute approximate surface area is 96.4 Å². The summed E-state index contributed by atoms with van der Waals surface area (Å²) >= 11 is 0. The summed E-state index contributed by atoms with van der Waals surface area (Å²) in [6, 6.07) is 0. The molecule has 94 valence electrons. The zero-order valence-electron chi connectivity index (χ0n) is 9.55. The second kappa shape index (κ2) is 5.63. The zero-order chi connectivity index (χ0) is 12.2. The number of carboxylic acids is 1. The molecule has 1 unspecified atom stereocenters. The Morgan fingerprint density at radius 3 is 2.44 bits per heavy atom. The summed E-state index contributed by atoms with van der Waals surface area (Å²) in [5.41, 5.74) is 0. The lowest BCUT2D eigenvalue weighted by Crippen LogP contribution is -2.40. The summed E-state index contributed by atoms with van der Waals surface area (Å²) in [5, 5.41) is 8.69. The number of hydrogen-bond donors (Lipinski definition) is 1. The van der Waals surface area contributed by atoms with Crippen LogP contribution in [0.1, 0.15) is 19.8 Å². The summed E-state index contributed by atoms with van der Waals surface area (Å²) < 4.78 is 22.3. The molecule has 6 heteroatoms. The number of aliphatic carboxylic acids is 1. The maximum Gasteiger partial charge on any atom is 0.306 e. The second-order valence-electron chi connectivity index (χ2n) is 4.37. The molecule has 1 saturated heterocycles. The summed E-state index contributed by atoms with van der Waals surface area (Å²) in [6.45, 7) is 3.67. The molecule has 1 atom stereocenters. The van der Waals surface area contributed by atoms with Crippen LogP contribution in [0.3, 0.4) is 0 Å². The van der Waals surface area contributed by atoms with Gasteiger partial charge in [0.2, 0.25) is 0 Å². The topological polar surface area (TPSA) is 74.7 Å². The van der Waals surface area contributed by atoms with Gasteiger partial charge in [0.25, 0.3) is 0 Å². The van der Waals surface area contributed by atoms with Gasteiger partial charge in [-0.05, 0) is 19.4 Å². The first kappa shape index (κ1) is 13.4. The van der Waals surface area contributed by atoms with Crippen LogP contribution in [0.15, 0.2) is 0 Å². The Kier molecular flexibility index (Phi) is 4.73. The van der Waals surface area contributed by atoms with Crippen molar-refractivity contribution < 1.29 is 18.3 Å². The first-order chi connectivity index (χ1) is 7.41. The molecule has 0 bridgehead atoms. The lowest BCUT2D eigenvalue weighted by atomic mass is 10.1. The van der Waals surface area contributed by atoms with E-state index in [1.165, 1.54) is 0 Å². The highest BCUT2D eigenvalue weighted by Gasteiger charge is 2.21. The first-order valence-corrected chi connectivity index (χ1v) is 7.38. The lowest BCUT2D eigenvalue weighted by Gasteiger charge is -2.26. The van der Waals surface area contributed by atoms with Crippen LogP contribution in [0.5, 0.6) is 0 Å². The fourth-order valence-corrected chi connectivity index (χ4v) is 3.00. The van der Waals surface area contributed by atoms with Gasteiger partial charge in [0, 0.05) is 13.1 Å². The van der Waals surface area contributed by atoms with E-state index in [0.717, 1.165) is 13.0 Å². The molecule has 5 nitrogen and oxygen atoms in total. The minimum absolute atomic E-state index is 0.238. The third kappa shape index (κ3) is 4.49. The largest absolute Gasteiger partial charge is 0.481 e. The van der Waals surface area contributed by atoms with E-state index < -0.39 is 15.8 Å². The van der Waals surface area contributed by atoms with Crippen LogP contribution in [-0.4, -0.2) is 55.5 Å². The van der Waals surface area contributed by atoms with Gasteiger partial charge in [0.05, 0.1) is 17.4 Å². The third-order valence-electron chi connectivity index (χ3n) is 2.97. The molecule has 0 aromatic carbocycles. The molecule has 0 radical (unpaired) electrons. The number of hydrogen-bond acceptors (Lipinski definition) is 4. The molecule has 1 N–H and O–H groups in total. The van der Waals surface area contributed by atoms with Crippen LogP contribution in [0.2, 0.25) is 0 Å². The van der Waals surface area contributed by atoms with Crippen molar-refractivity contribution in [1.82, 2.24) is 4.90 Å². The van der Waals surface area contributed by atoms with Crippen molar-refractivity contribution >= 4 is 15.8 Å². The highest BCUT2D eigenvalue weighted by Crippen LogP contribution is 2.09. The molecular formula is C10H19NO4S. The maximum atomic E-state index is 11.2.